The molecule has 180 valence electrons. The summed E-state index contributed by atoms with van der Waals surface area (Å²) in [6, 6.07) is 10.1. The molecule has 0 aliphatic carbocycles. The summed E-state index contributed by atoms with van der Waals surface area (Å²) in [6.45, 7) is 5.42. The molecule has 0 fully saturated rings. The van der Waals surface area contributed by atoms with Crippen LogP contribution in [0.3, 0.4) is 0 Å². The summed E-state index contributed by atoms with van der Waals surface area (Å²) >= 11 is 5.82. The number of amides is 2. The molecule has 0 aliphatic heterocycles. The Morgan fingerprint density at radius 1 is 1.18 bits per heavy atom. The highest BCUT2D eigenvalue weighted by atomic mass is 35.5. The van der Waals surface area contributed by atoms with Gasteiger partial charge >= 0.3 is 0 Å². The molecule has 33 heavy (non-hydrogen) atoms. The zero-order chi connectivity index (χ0) is 24.8. The van der Waals surface area contributed by atoms with E-state index in [1.807, 2.05) is 38.1 Å². The van der Waals surface area contributed by atoms with E-state index in [0.29, 0.717) is 6.54 Å². The van der Waals surface area contributed by atoms with Crippen LogP contribution in [0, 0.1) is 12.7 Å². The smallest absolute Gasteiger partial charge is 0.244 e. The number of rotatable bonds is 10. The fourth-order valence-corrected chi connectivity index (χ4v) is 4.26. The number of benzene rings is 2. The second kappa shape index (κ2) is 11.5. The van der Waals surface area contributed by atoms with E-state index in [1.54, 1.807) is 6.92 Å². The predicted molar refractivity (Wildman–Crippen MR) is 128 cm³/mol. The highest BCUT2D eigenvalue weighted by Gasteiger charge is 2.30. The quantitative estimate of drug-likeness (QED) is 0.544. The van der Waals surface area contributed by atoms with Gasteiger partial charge in [-0.2, -0.15) is 0 Å². The highest BCUT2D eigenvalue weighted by molar-refractivity contribution is 7.92. The first-order valence-electron chi connectivity index (χ1n) is 10.5. The Balaban J connectivity index is 2.39. The summed E-state index contributed by atoms with van der Waals surface area (Å²) in [7, 11) is -3.91. The van der Waals surface area contributed by atoms with Crippen molar-refractivity contribution in [3.05, 3.63) is 64.4 Å². The number of halogens is 2. The van der Waals surface area contributed by atoms with Crippen LogP contribution in [0.4, 0.5) is 10.1 Å². The van der Waals surface area contributed by atoms with Gasteiger partial charge in [-0.05, 0) is 44.0 Å². The van der Waals surface area contributed by atoms with Crippen molar-refractivity contribution in [1.29, 1.82) is 0 Å². The van der Waals surface area contributed by atoms with Gasteiger partial charge in [0.15, 0.2) is 0 Å². The summed E-state index contributed by atoms with van der Waals surface area (Å²) in [5.74, 6) is -1.63. The maximum Gasteiger partial charge on any atom is 0.244 e. The molecule has 2 aromatic carbocycles. The van der Waals surface area contributed by atoms with E-state index in [4.69, 9.17) is 11.6 Å². The molecule has 0 spiro atoms. The molecule has 0 bridgehead atoms. The molecule has 0 aliphatic rings. The van der Waals surface area contributed by atoms with Gasteiger partial charge in [-0.25, -0.2) is 12.8 Å². The molecule has 10 heteroatoms. The lowest BCUT2D eigenvalue weighted by Crippen LogP contribution is -2.51. The molecule has 1 atom stereocenters. The van der Waals surface area contributed by atoms with Crippen LogP contribution in [0.5, 0.6) is 0 Å². The summed E-state index contributed by atoms with van der Waals surface area (Å²) in [4.78, 5) is 27.3. The SMILES string of the molecule is CCCNC(=O)[C@H](C)N(Cc1cccc(C)c1)C(=O)CN(c1ccc(F)c(Cl)c1)S(C)(=O)=O. The molecule has 0 aromatic heterocycles. The molecular formula is C23H29ClFN3O4S. The van der Waals surface area contributed by atoms with Gasteiger partial charge in [0.1, 0.15) is 18.4 Å². The maximum atomic E-state index is 13.6. The number of nitrogens with one attached hydrogen (secondary N) is 1. The second-order valence-corrected chi connectivity index (χ2v) is 10.2. The second-order valence-electron chi connectivity index (χ2n) is 7.85. The molecule has 0 saturated carbocycles. The third-order valence-corrected chi connectivity index (χ3v) is 6.45. The minimum atomic E-state index is -3.91. The number of hydrogen-bond donors (Lipinski definition) is 1. The Morgan fingerprint density at radius 3 is 2.45 bits per heavy atom. The third kappa shape index (κ3) is 7.43. The minimum absolute atomic E-state index is 0.0517. The lowest BCUT2D eigenvalue weighted by atomic mass is 10.1. The number of aryl methyl sites for hydroxylation is 1. The van der Waals surface area contributed by atoms with Crippen molar-refractivity contribution in [2.45, 2.75) is 39.8 Å². The van der Waals surface area contributed by atoms with Crippen molar-refractivity contribution < 1.29 is 22.4 Å². The fourth-order valence-electron chi connectivity index (χ4n) is 3.24. The van der Waals surface area contributed by atoms with Crippen LogP contribution < -0.4 is 9.62 Å². The zero-order valence-corrected chi connectivity index (χ0v) is 20.7. The Labute approximate surface area is 199 Å². The maximum absolute atomic E-state index is 13.6. The Hall–Kier alpha value is -2.65. The number of nitrogens with zero attached hydrogens (tertiary/aromatic N) is 2. The first kappa shape index (κ1) is 26.6. The molecule has 1 N–H and O–H groups in total. The van der Waals surface area contributed by atoms with E-state index in [-0.39, 0.29) is 23.2 Å². The number of anilines is 1. The van der Waals surface area contributed by atoms with Crippen molar-refractivity contribution in [3.8, 4) is 0 Å². The lowest BCUT2D eigenvalue weighted by Gasteiger charge is -2.31. The van der Waals surface area contributed by atoms with Crippen molar-refractivity contribution in [1.82, 2.24) is 10.2 Å². The van der Waals surface area contributed by atoms with Crippen LogP contribution in [-0.2, 0) is 26.2 Å². The van der Waals surface area contributed by atoms with E-state index in [0.717, 1.165) is 40.2 Å². The van der Waals surface area contributed by atoms with Gasteiger partial charge in [0.2, 0.25) is 21.8 Å². The Kier molecular flexibility index (Phi) is 9.25. The first-order valence-corrected chi connectivity index (χ1v) is 12.7. The van der Waals surface area contributed by atoms with Crippen LogP contribution in [-0.4, -0.2) is 50.5 Å². The van der Waals surface area contributed by atoms with E-state index in [9.17, 15) is 22.4 Å². The Morgan fingerprint density at radius 2 is 1.88 bits per heavy atom. The van der Waals surface area contributed by atoms with E-state index in [1.165, 1.54) is 11.0 Å². The normalized spacial score (nSPS) is 12.2. The molecule has 7 nitrogen and oxygen atoms in total. The van der Waals surface area contributed by atoms with Crippen LogP contribution in [0.1, 0.15) is 31.4 Å². The molecule has 0 unspecified atom stereocenters. The minimum Gasteiger partial charge on any atom is -0.354 e. The zero-order valence-electron chi connectivity index (χ0n) is 19.1. The number of sulfonamides is 1. The van der Waals surface area contributed by atoms with Crippen LogP contribution in [0.25, 0.3) is 0 Å². The van der Waals surface area contributed by atoms with Gasteiger partial charge in [0.05, 0.1) is 17.0 Å². The molecule has 2 aromatic rings. The monoisotopic (exact) mass is 497 g/mol. The number of carbonyl (C=O) groups is 2. The molecule has 0 radical (unpaired) electrons. The number of hydrogen-bond acceptors (Lipinski definition) is 4. The molecule has 2 rings (SSSR count). The topological polar surface area (TPSA) is 86.8 Å². The molecule has 2 amide bonds. The first-order chi connectivity index (χ1) is 15.4. The highest BCUT2D eigenvalue weighted by Crippen LogP contribution is 2.25. The average molecular weight is 498 g/mol. The van der Waals surface area contributed by atoms with E-state index < -0.39 is 34.3 Å². The summed E-state index contributed by atoms with van der Waals surface area (Å²) in [5.41, 5.74) is 1.84. The fraction of sp³-hybridized carbons (Fsp3) is 0.391. The van der Waals surface area contributed by atoms with Gasteiger partial charge in [0.25, 0.3) is 0 Å². The third-order valence-electron chi connectivity index (χ3n) is 5.02. The van der Waals surface area contributed by atoms with Crippen molar-refractivity contribution >= 4 is 39.1 Å². The molecular weight excluding hydrogens is 469 g/mol. The van der Waals surface area contributed by atoms with Crippen LogP contribution in [0.2, 0.25) is 5.02 Å². The lowest BCUT2D eigenvalue weighted by molar-refractivity contribution is -0.139. The van der Waals surface area contributed by atoms with Gasteiger partial charge in [0, 0.05) is 13.1 Å². The van der Waals surface area contributed by atoms with Crippen molar-refractivity contribution in [3.63, 3.8) is 0 Å². The van der Waals surface area contributed by atoms with E-state index in [2.05, 4.69) is 5.32 Å². The van der Waals surface area contributed by atoms with Gasteiger partial charge in [-0.1, -0.05) is 48.4 Å². The summed E-state index contributed by atoms with van der Waals surface area (Å²) in [6.07, 6.45) is 1.68. The standard InChI is InChI=1S/C23H29ClFN3O4S/c1-5-11-26-23(30)17(3)27(14-18-8-6-7-16(2)12-18)22(29)15-28(33(4,31)32)19-9-10-21(25)20(24)13-19/h6-10,12-13,17H,5,11,14-15H2,1-4H3,(H,26,30)/t17-/m0/s1. The van der Waals surface area contributed by atoms with Crippen molar-refractivity contribution in [2.75, 3.05) is 23.7 Å². The van der Waals surface area contributed by atoms with Gasteiger partial charge in [-0.3, -0.25) is 13.9 Å². The predicted octanol–water partition coefficient (Wildman–Crippen LogP) is 3.50. The van der Waals surface area contributed by atoms with Gasteiger partial charge in [-0.15, -0.1) is 0 Å². The summed E-state index contributed by atoms with van der Waals surface area (Å²) in [5, 5.41) is 2.50. The van der Waals surface area contributed by atoms with Crippen LogP contribution >= 0.6 is 11.6 Å². The van der Waals surface area contributed by atoms with Gasteiger partial charge < -0.3 is 10.2 Å². The van der Waals surface area contributed by atoms with E-state index >= 15 is 0 Å². The summed E-state index contributed by atoms with van der Waals surface area (Å²) < 4.78 is 39.4. The Bertz CT molecular complexity index is 1110. The van der Waals surface area contributed by atoms with Crippen LogP contribution in [0.15, 0.2) is 42.5 Å². The average Bonchev–Trinajstić information content (AvgIpc) is 2.74. The molecule has 0 saturated heterocycles. The molecule has 0 heterocycles. The van der Waals surface area contributed by atoms with Crippen molar-refractivity contribution in [2.24, 2.45) is 0 Å². The number of carbonyl (C=O) groups excluding carboxylic acids is 2. The largest absolute Gasteiger partial charge is 0.354 e.